The van der Waals surface area contributed by atoms with Gasteiger partial charge in [-0.15, -0.1) is 0 Å². The molecule has 1 saturated heterocycles. The minimum absolute atomic E-state index is 0.0767. The number of esters is 1. The van der Waals surface area contributed by atoms with Crippen molar-refractivity contribution in [2.45, 2.75) is 75.2 Å². The van der Waals surface area contributed by atoms with Gasteiger partial charge in [-0.2, -0.15) is 0 Å². The van der Waals surface area contributed by atoms with Crippen LogP contribution >= 0.6 is 0 Å². The third-order valence-corrected chi connectivity index (χ3v) is 6.96. The molecule has 9 atom stereocenters. The largest absolute Gasteiger partial charge is 0.426 e. The molecular weight excluding hydrogens is 384 g/mol. The van der Waals surface area contributed by atoms with Crippen molar-refractivity contribution in [2.75, 3.05) is 6.61 Å². The highest BCUT2D eigenvalue weighted by molar-refractivity contribution is 5.86. The Morgan fingerprint density at radius 2 is 2.00 bits per heavy atom. The minimum Gasteiger partial charge on any atom is -0.426 e. The number of ether oxygens (including phenoxy) is 3. The Morgan fingerprint density at radius 1 is 1.28 bits per heavy atom. The predicted molar refractivity (Wildman–Crippen MR) is 97.0 cm³/mol. The summed E-state index contributed by atoms with van der Waals surface area (Å²) in [7, 11) is 0. The molecule has 0 aromatic heterocycles. The van der Waals surface area contributed by atoms with E-state index in [0.29, 0.717) is 24.8 Å². The molecule has 2 saturated carbocycles. The van der Waals surface area contributed by atoms with Crippen molar-refractivity contribution in [3.05, 3.63) is 23.8 Å². The summed E-state index contributed by atoms with van der Waals surface area (Å²) in [5, 5.41) is 50.2. The van der Waals surface area contributed by atoms with E-state index in [4.69, 9.17) is 14.2 Å². The number of fused-ring (bicyclic) bond motifs is 2. The number of aliphatic hydroxyl groups excluding tert-OH is 4. The number of hydrogen-bond donors (Lipinski definition) is 5. The maximum Gasteiger partial charge on any atom is 0.333 e. The van der Waals surface area contributed by atoms with Crippen LogP contribution in [0.2, 0.25) is 0 Å². The van der Waals surface area contributed by atoms with Gasteiger partial charge >= 0.3 is 5.97 Å². The summed E-state index contributed by atoms with van der Waals surface area (Å²) in [4.78, 5) is 11.7. The summed E-state index contributed by atoms with van der Waals surface area (Å²) in [6.45, 7) is 5.68. The highest BCUT2D eigenvalue weighted by Crippen LogP contribution is 2.58. The molecule has 2 heterocycles. The highest BCUT2D eigenvalue weighted by atomic mass is 16.7. The van der Waals surface area contributed by atoms with E-state index < -0.39 is 55.2 Å². The Hall–Kier alpha value is -1.33. The van der Waals surface area contributed by atoms with Crippen LogP contribution in [0.4, 0.5) is 0 Å². The van der Waals surface area contributed by atoms with Crippen molar-refractivity contribution in [1.29, 1.82) is 0 Å². The highest BCUT2D eigenvalue weighted by Gasteiger charge is 2.57. The van der Waals surface area contributed by atoms with Crippen molar-refractivity contribution in [3.8, 4) is 0 Å². The van der Waals surface area contributed by atoms with Crippen molar-refractivity contribution < 1.29 is 44.5 Å². The van der Waals surface area contributed by atoms with Crippen LogP contribution in [-0.4, -0.2) is 80.7 Å². The molecule has 0 amide bonds. The van der Waals surface area contributed by atoms with Crippen LogP contribution < -0.4 is 0 Å². The maximum absolute atomic E-state index is 11.7. The molecule has 0 aromatic rings. The second-order valence-electron chi connectivity index (χ2n) is 8.90. The average molecular weight is 412 g/mol. The van der Waals surface area contributed by atoms with E-state index in [1.165, 1.54) is 6.08 Å². The van der Waals surface area contributed by atoms with Crippen LogP contribution in [0.1, 0.15) is 32.6 Å². The van der Waals surface area contributed by atoms with Crippen molar-refractivity contribution in [3.63, 3.8) is 0 Å². The van der Waals surface area contributed by atoms with Crippen LogP contribution in [0, 0.1) is 11.3 Å². The van der Waals surface area contributed by atoms with Crippen molar-refractivity contribution in [1.82, 2.24) is 0 Å². The monoisotopic (exact) mass is 412 g/mol. The minimum atomic E-state index is -1.56. The number of hydrogen-bond acceptors (Lipinski definition) is 9. The second-order valence-corrected chi connectivity index (χ2v) is 8.90. The summed E-state index contributed by atoms with van der Waals surface area (Å²) in [5.74, 6) is -2.19. The fraction of sp³-hybridized carbons (Fsp3) is 0.750. The lowest BCUT2D eigenvalue weighted by Gasteiger charge is -2.53. The van der Waals surface area contributed by atoms with E-state index in [1.807, 2.05) is 6.92 Å². The van der Waals surface area contributed by atoms with Gasteiger partial charge in [0.1, 0.15) is 24.4 Å². The molecule has 4 rings (SSSR count). The lowest BCUT2D eigenvalue weighted by molar-refractivity contribution is -0.311. The molecule has 5 N–H and O–H groups in total. The van der Waals surface area contributed by atoms with Crippen molar-refractivity contribution >= 4 is 5.97 Å². The normalized spacial score (nSPS) is 49.9. The SMILES string of the molecule is C=C1[C@H]2CC3=CC(=O)O[C@]3(O)C[C@]2(C)CC[C@H]1O[C@@H]1O[C@H](CO)[C@@H](O)[C@H](O)[C@H]1O. The Morgan fingerprint density at radius 3 is 2.69 bits per heavy atom. The first-order valence-electron chi connectivity index (χ1n) is 9.89. The number of carbonyl (C=O) groups is 1. The van der Waals surface area contributed by atoms with Gasteiger partial charge < -0.3 is 39.7 Å². The molecule has 0 bridgehead atoms. The molecule has 0 radical (unpaired) electrons. The van der Waals surface area contributed by atoms with Crippen LogP contribution in [0.5, 0.6) is 0 Å². The topological polar surface area (TPSA) is 146 Å². The van der Waals surface area contributed by atoms with Gasteiger partial charge in [0.05, 0.1) is 12.7 Å². The van der Waals surface area contributed by atoms with Gasteiger partial charge in [-0.3, -0.25) is 0 Å². The molecule has 4 aliphatic rings. The Bertz CT molecular complexity index is 733. The molecule has 0 unspecified atom stereocenters. The zero-order valence-electron chi connectivity index (χ0n) is 16.2. The van der Waals surface area contributed by atoms with Crippen LogP contribution in [-0.2, 0) is 19.0 Å². The Balaban J connectivity index is 1.50. The second kappa shape index (κ2) is 7.12. The first kappa shape index (κ1) is 20.9. The van der Waals surface area contributed by atoms with Gasteiger partial charge in [-0.25, -0.2) is 4.79 Å². The summed E-state index contributed by atoms with van der Waals surface area (Å²) >= 11 is 0. The van der Waals surface area contributed by atoms with Gasteiger partial charge in [0.15, 0.2) is 6.29 Å². The molecule has 2 aliphatic carbocycles. The molecule has 162 valence electrons. The van der Waals surface area contributed by atoms with Gasteiger partial charge in [-0.05, 0) is 36.2 Å². The Labute approximate surface area is 168 Å². The molecule has 3 fully saturated rings. The molecule has 29 heavy (non-hydrogen) atoms. The van der Waals surface area contributed by atoms with E-state index >= 15 is 0 Å². The third kappa shape index (κ3) is 3.34. The standard InChI is InChI=1S/C20H28O9/c1-9-11-5-10-6-14(22)29-20(10,26)8-19(11,2)4-3-12(9)27-18-17(25)16(24)15(23)13(7-21)28-18/h6,11-13,15-18,21,23-26H,1,3-5,7-8H2,2H3/t11-,12-,13-,15-,16+,17-,18-,19+,20-/m1/s1. The van der Waals surface area contributed by atoms with Crippen LogP contribution in [0.15, 0.2) is 23.8 Å². The van der Waals surface area contributed by atoms with Gasteiger partial charge in [0, 0.05) is 18.1 Å². The molecule has 9 heteroatoms. The van der Waals surface area contributed by atoms with E-state index in [-0.39, 0.29) is 17.8 Å². The summed E-state index contributed by atoms with van der Waals surface area (Å²) in [6.07, 6.45) is -4.00. The van der Waals surface area contributed by atoms with Gasteiger partial charge in [0.25, 0.3) is 0 Å². The fourth-order valence-corrected chi connectivity index (χ4v) is 5.23. The maximum atomic E-state index is 11.7. The smallest absolute Gasteiger partial charge is 0.333 e. The quantitative estimate of drug-likeness (QED) is 0.226. The van der Waals surface area contributed by atoms with Gasteiger partial charge in [-0.1, -0.05) is 13.5 Å². The zero-order valence-corrected chi connectivity index (χ0v) is 16.2. The first-order chi connectivity index (χ1) is 13.6. The summed E-state index contributed by atoms with van der Waals surface area (Å²) < 4.78 is 16.5. The summed E-state index contributed by atoms with van der Waals surface area (Å²) in [5.41, 5.74) is 0.931. The lowest BCUT2D eigenvalue weighted by atomic mass is 9.56. The lowest BCUT2D eigenvalue weighted by Crippen LogP contribution is -2.60. The van der Waals surface area contributed by atoms with Gasteiger partial charge in [0.2, 0.25) is 5.79 Å². The van der Waals surface area contributed by atoms with Crippen LogP contribution in [0.25, 0.3) is 0 Å². The van der Waals surface area contributed by atoms with E-state index in [0.717, 1.165) is 5.57 Å². The third-order valence-electron chi connectivity index (χ3n) is 6.96. The predicted octanol–water partition coefficient (Wildman–Crippen LogP) is -0.890. The van der Waals surface area contributed by atoms with Crippen molar-refractivity contribution in [2.24, 2.45) is 11.3 Å². The first-order valence-corrected chi connectivity index (χ1v) is 9.89. The Kier molecular flexibility index (Phi) is 5.14. The molecule has 0 aromatic carbocycles. The van der Waals surface area contributed by atoms with E-state index in [1.54, 1.807) is 0 Å². The van der Waals surface area contributed by atoms with E-state index in [2.05, 4.69) is 6.58 Å². The average Bonchev–Trinajstić information content (AvgIpc) is 2.95. The number of carbonyl (C=O) groups excluding carboxylic acids is 1. The fourth-order valence-electron chi connectivity index (χ4n) is 5.23. The molecule has 9 nitrogen and oxygen atoms in total. The molecule has 2 aliphatic heterocycles. The van der Waals surface area contributed by atoms with Crippen LogP contribution in [0.3, 0.4) is 0 Å². The van der Waals surface area contributed by atoms with E-state index in [9.17, 15) is 30.3 Å². The zero-order chi connectivity index (χ0) is 21.1. The molecular formula is C20H28O9. The summed E-state index contributed by atoms with van der Waals surface area (Å²) in [6, 6.07) is 0. The number of aliphatic hydroxyl groups is 5. The molecule has 0 spiro atoms. The number of rotatable bonds is 3.